The first-order valence-corrected chi connectivity index (χ1v) is 18.4. The fourth-order valence-corrected chi connectivity index (χ4v) is 4.52. The van der Waals surface area contributed by atoms with E-state index < -0.39 is 42.1 Å². The number of hydrogen-bond donors (Lipinski definition) is 0. The van der Waals surface area contributed by atoms with E-state index in [9.17, 15) is 39.5 Å². The highest BCUT2D eigenvalue weighted by Crippen LogP contribution is 2.33. The van der Waals surface area contributed by atoms with Crippen molar-refractivity contribution in [2.24, 2.45) is 0 Å². The molecule has 0 heterocycles. The monoisotopic (exact) mass is 802 g/mol. The maximum absolute atomic E-state index is 13.7. The van der Waals surface area contributed by atoms with Gasteiger partial charge in [-0.1, -0.05) is 131 Å². The average Bonchev–Trinajstić information content (AvgIpc) is 3.14. The summed E-state index contributed by atoms with van der Waals surface area (Å²) in [6.45, 7) is 26.5. The van der Waals surface area contributed by atoms with Gasteiger partial charge in [0.05, 0.1) is 5.56 Å². The lowest BCUT2D eigenvalue weighted by atomic mass is 9.91. The van der Waals surface area contributed by atoms with Gasteiger partial charge in [0.15, 0.2) is 0 Å². The van der Waals surface area contributed by atoms with Crippen molar-refractivity contribution in [2.45, 2.75) is 112 Å². The number of unbranched alkanes of at least 4 members (excludes halogenated alkanes) is 1. The Morgan fingerprint density at radius 3 is 1.87 bits per heavy atom. The minimum Gasteiger partial charge on any atom is -0.207 e. The molecule has 0 N–H and O–H groups in total. The zero-order valence-corrected chi connectivity index (χ0v) is 33.9. The second-order valence-electron chi connectivity index (χ2n) is 12.1. The Hall–Kier alpha value is -3.98. The van der Waals surface area contributed by atoms with Crippen LogP contribution in [-0.4, -0.2) is 12.3 Å². The van der Waals surface area contributed by atoms with Crippen LogP contribution in [0.2, 0.25) is 0 Å². The Kier molecular flexibility index (Phi) is 26.6. The fraction of sp³-hybridized carbons (Fsp3) is 0.378. The smallest absolute Gasteiger partial charge is 0.207 e. The van der Waals surface area contributed by atoms with Crippen LogP contribution in [0.5, 0.6) is 0 Å². The predicted octanol–water partition coefficient (Wildman–Crippen LogP) is 16.5. The highest BCUT2D eigenvalue weighted by atomic mass is 35.5. The zero-order chi connectivity index (χ0) is 42.9. The molecule has 0 spiro atoms. The minimum atomic E-state index is -4.65. The average molecular weight is 803 g/mol. The first-order valence-electron chi connectivity index (χ1n) is 18.0. The normalized spacial score (nSPS) is 12.0. The second-order valence-corrected chi connectivity index (χ2v) is 12.5. The molecule has 3 aromatic rings. The molecular formula is C45H56ClF9. The van der Waals surface area contributed by atoms with Crippen molar-refractivity contribution < 1.29 is 39.5 Å². The van der Waals surface area contributed by atoms with E-state index in [0.717, 1.165) is 23.8 Å². The van der Waals surface area contributed by atoms with Crippen molar-refractivity contribution in [3.05, 3.63) is 160 Å². The van der Waals surface area contributed by atoms with Gasteiger partial charge in [-0.15, -0.1) is 6.58 Å². The summed E-state index contributed by atoms with van der Waals surface area (Å²) in [5, 5.41) is 0.415. The van der Waals surface area contributed by atoms with Crippen LogP contribution >= 0.6 is 11.6 Å². The first kappa shape index (κ1) is 53.1. The molecule has 0 aromatic heterocycles. The van der Waals surface area contributed by atoms with Crippen LogP contribution in [0.15, 0.2) is 115 Å². The van der Waals surface area contributed by atoms with E-state index >= 15 is 0 Å². The van der Waals surface area contributed by atoms with Crippen molar-refractivity contribution in [1.29, 1.82) is 0 Å². The largest absolute Gasteiger partial charge is 0.419 e. The number of aryl methyl sites for hydroxylation is 2. The van der Waals surface area contributed by atoms with Gasteiger partial charge in [-0.2, -0.15) is 22.0 Å². The van der Waals surface area contributed by atoms with Gasteiger partial charge in [0, 0.05) is 17.4 Å². The van der Waals surface area contributed by atoms with Crippen LogP contribution in [0.4, 0.5) is 39.5 Å². The Morgan fingerprint density at radius 2 is 1.38 bits per heavy atom. The standard InChI is InChI=1S/C18H18ClF5.C14H20.C9H6F4.2C2H6/c1-4-15(19)6-5-11(2)12(3)14-7-13(8-16(20)9-14)10-18(23,24)17(21)22;1-12(2)6-4-5-7-14-10-8-13(3)9-11-14;1-2-6-3-4-8(10)7(5-6)9(11,12)13;2*1-2/h4-9,12,17H,1,10H2,2-3H3;8-11H,1,4-7H2,2-3H3;2-5H,1H2;2*1-2H3/b11-5+,15-6+;;;;. The molecule has 306 valence electrons. The lowest BCUT2D eigenvalue weighted by Gasteiger charge is -2.18. The topological polar surface area (TPSA) is 0 Å². The quantitative estimate of drug-likeness (QED) is 0.0699. The molecule has 0 aliphatic carbocycles. The maximum Gasteiger partial charge on any atom is 0.419 e. The molecule has 0 amide bonds. The fourth-order valence-electron chi connectivity index (χ4n) is 4.46. The van der Waals surface area contributed by atoms with Crippen molar-refractivity contribution in [3.8, 4) is 0 Å². The third kappa shape index (κ3) is 22.2. The lowest BCUT2D eigenvalue weighted by molar-refractivity contribution is -0.140. The summed E-state index contributed by atoms with van der Waals surface area (Å²) in [7, 11) is 0. The van der Waals surface area contributed by atoms with E-state index in [-0.39, 0.29) is 17.0 Å². The van der Waals surface area contributed by atoms with E-state index in [4.69, 9.17) is 11.6 Å². The molecule has 0 saturated heterocycles. The number of allylic oxidation sites excluding steroid dienone is 6. The summed E-state index contributed by atoms with van der Waals surface area (Å²) in [6, 6.07) is 14.9. The van der Waals surface area contributed by atoms with Crippen LogP contribution < -0.4 is 0 Å². The summed E-state index contributed by atoms with van der Waals surface area (Å²) in [5.41, 5.74) is 4.13. The van der Waals surface area contributed by atoms with Crippen LogP contribution in [0.3, 0.4) is 0 Å². The molecule has 0 aliphatic rings. The zero-order valence-electron chi connectivity index (χ0n) is 33.2. The highest BCUT2D eigenvalue weighted by molar-refractivity contribution is 6.31. The van der Waals surface area contributed by atoms with Crippen LogP contribution in [0.25, 0.3) is 6.08 Å². The Morgan fingerprint density at radius 1 is 0.800 bits per heavy atom. The van der Waals surface area contributed by atoms with E-state index in [1.165, 1.54) is 72.7 Å². The summed E-state index contributed by atoms with van der Waals surface area (Å²) >= 11 is 5.80. The molecular weight excluding hydrogens is 747 g/mol. The molecule has 0 radical (unpaired) electrons. The molecule has 0 nitrogen and oxygen atoms in total. The molecule has 0 bridgehead atoms. The number of rotatable bonds is 13. The minimum absolute atomic E-state index is 0.172. The van der Waals surface area contributed by atoms with Gasteiger partial charge < -0.3 is 0 Å². The predicted molar refractivity (Wildman–Crippen MR) is 215 cm³/mol. The van der Waals surface area contributed by atoms with E-state index in [1.807, 2.05) is 27.7 Å². The van der Waals surface area contributed by atoms with Crippen LogP contribution in [0.1, 0.15) is 107 Å². The van der Waals surface area contributed by atoms with Crippen molar-refractivity contribution in [3.63, 3.8) is 0 Å². The Balaban J connectivity index is 0. The Bertz CT molecular complexity index is 1630. The van der Waals surface area contributed by atoms with Gasteiger partial charge in [-0.05, 0) is 99.0 Å². The molecule has 0 fully saturated rings. The highest BCUT2D eigenvalue weighted by Gasteiger charge is 2.40. The van der Waals surface area contributed by atoms with Crippen LogP contribution in [-0.2, 0) is 19.0 Å². The van der Waals surface area contributed by atoms with E-state index in [2.05, 4.69) is 57.8 Å². The maximum atomic E-state index is 13.7. The first-order chi connectivity index (χ1) is 25.7. The van der Waals surface area contributed by atoms with E-state index in [0.29, 0.717) is 10.6 Å². The van der Waals surface area contributed by atoms with Gasteiger partial charge in [0.1, 0.15) is 11.6 Å². The second kappa shape index (κ2) is 27.6. The number of hydrogen-bond acceptors (Lipinski definition) is 0. The molecule has 1 unspecified atom stereocenters. The summed E-state index contributed by atoms with van der Waals surface area (Å²) in [4.78, 5) is 0. The van der Waals surface area contributed by atoms with Crippen molar-refractivity contribution in [2.75, 3.05) is 0 Å². The molecule has 1 atom stereocenters. The molecule has 3 rings (SSSR count). The number of benzene rings is 3. The summed E-state index contributed by atoms with van der Waals surface area (Å²) in [5.74, 6) is -6.51. The molecule has 0 aliphatic heterocycles. The van der Waals surface area contributed by atoms with E-state index in [1.54, 1.807) is 26.0 Å². The lowest BCUT2D eigenvalue weighted by Crippen LogP contribution is -2.29. The molecule has 0 saturated carbocycles. The summed E-state index contributed by atoms with van der Waals surface area (Å²) < 4.78 is 114. The number of alkyl halides is 7. The van der Waals surface area contributed by atoms with Gasteiger partial charge in [0.2, 0.25) is 0 Å². The summed E-state index contributed by atoms with van der Waals surface area (Å²) in [6.07, 6.45) is 1.24. The van der Waals surface area contributed by atoms with Crippen molar-refractivity contribution in [1.82, 2.24) is 0 Å². The van der Waals surface area contributed by atoms with Gasteiger partial charge in [0.25, 0.3) is 0 Å². The molecule has 10 heteroatoms. The SMILES string of the molecule is C=C(C)CCCCc1ccc(C)cc1.C=C/C(Cl)=C\C=C(/C)C(C)c1cc(F)cc(CC(F)(F)C(F)F)c1.C=Cc1ccc(F)c(C(F)(F)F)c1.CC.CC. The third-order valence-electron chi connectivity index (χ3n) is 7.59. The van der Waals surface area contributed by atoms with Gasteiger partial charge >= 0.3 is 18.5 Å². The third-order valence-corrected chi connectivity index (χ3v) is 7.87. The van der Waals surface area contributed by atoms with Crippen LogP contribution in [0, 0.1) is 18.6 Å². The van der Waals surface area contributed by atoms with Gasteiger partial charge in [-0.25, -0.2) is 17.6 Å². The van der Waals surface area contributed by atoms with Crippen molar-refractivity contribution >= 4 is 17.7 Å². The van der Waals surface area contributed by atoms with Gasteiger partial charge in [-0.3, -0.25) is 0 Å². The Labute approximate surface area is 328 Å². The molecule has 3 aromatic carbocycles. The number of halogens is 10. The molecule has 55 heavy (non-hydrogen) atoms.